The summed E-state index contributed by atoms with van der Waals surface area (Å²) in [6.07, 6.45) is 7.14. The highest BCUT2D eigenvalue weighted by atomic mass is 16.3. The van der Waals surface area contributed by atoms with Crippen LogP contribution in [0.25, 0.3) is 0 Å². The molecule has 4 fully saturated rings. The molecule has 0 unspecified atom stereocenters. The summed E-state index contributed by atoms with van der Waals surface area (Å²) < 4.78 is 0. The summed E-state index contributed by atoms with van der Waals surface area (Å²) in [5.74, 6) is 5.79. The third kappa shape index (κ3) is 0.707. The van der Waals surface area contributed by atoms with Gasteiger partial charge in [-0.15, -0.1) is 0 Å². The van der Waals surface area contributed by atoms with Gasteiger partial charge in [0.2, 0.25) is 0 Å². The molecule has 4 rings (SSSR count). The first-order valence-corrected chi connectivity index (χ1v) is 6.02. The van der Waals surface area contributed by atoms with Gasteiger partial charge in [0.15, 0.2) is 0 Å². The van der Waals surface area contributed by atoms with E-state index in [0.717, 1.165) is 41.9 Å². The summed E-state index contributed by atoms with van der Waals surface area (Å²) in [6.45, 7) is 0. The molecule has 0 heterocycles. The van der Waals surface area contributed by atoms with E-state index in [1.165, 1.54) is 25.7 Å². The molecule has 72 valence electrons. The molecule has 0 saturated heterocycles. The molecule has 1 nitrogen and oxygen atoms in total. The van der Waals surface area contributed by atoms with E-state index in [1.807, 2.05) is 0 Å². The Hall–Kier alpha value is -0.0400. The molecule has 1 heteroatoms. The van der Waals surface area contributed by atoms with Gasteiger partial charge >= 0.3 is 0 Å². The summed E-state index contributed by atoms with van der Waals surface area (Å²) in [5.41, 5.74) is 0. The van der Waals surface area contributed by atoms with Gasteiger partial charge in [0.05, 0.1) is 6.10 Å². The quantitative estimate of drug-likeness (QED) is 0.563. The third-order valence-electron chi connectivity index (χ3n) is 5.70. The summed E-state index contributed by atoms with van der Waals surface area (Å²) in [6, 6.07) is 0. The molecule has 0 radical (unpaired) electrons. The van der Waals surface area contributed by atoms with Crippen LogP contribution < -0.4 is 0 Å². The number of hydrogen-bond donors (Lipinski definition) is 1. The van der Waals surface area contributed by atoms with E-state index in [4.69, 9.17) is 0 Å². The second kappa shape index (κ2) is 2.13. The van der Waals surface area contributed by atoms with E-state index in [9.17, 15) is 5.11 Å². The normalized spacial score (nSPS) is 67.6. The summed E-state index contributed by atoms with van der Waals surface area (Å²) >= 11 is 0. The van der Waals surface area contributed by atoms with Crippen molar-refractivity contribution in [1.29, 1.82) is 0 Å². The van der Waals surface area contributed by atoms with Crippen LogP contribution in [0.2, 0.25) is 0 Å². The summed E-state index contributed by atoms with van der Waals surface area (Å²) in [5, 5.41) is 9.89. The molecule has 13 heavy (non-hydrogen) atoms. The standard InChI is InChI=1S/C12H18O/c13-10-5-8-4-9(10)12-7-2-1-6(3-7)11(8)12/h6-13H,1-5H2/t6-,7+,8+,9-,10-,11+,12-/m0/s1. The lowest BCUT2D eigenvalue weighted by Gasteiger charge is -2.36. The minimum Gasteiger partial charge on any atom is -0.393 e. The van der Waals surface area contributed by atoms with Gasteiger partial charge in [-0.3, -0.25) is 0 Å². The molecule has 1 N–H and O–H groups in total. The van der Waals surface area contributed by atoms with Gasteiger partial charge in [-0.05, 0) is 67.6 Å². The molecule has 0 aliphatic heterocycles. The van der Waals surface area contributed by atoms with Crippen molar-refractivity contribution in [2.75, 3.05) is 0 Å². The van der Waals surface area contributed by atoms with Crippen molar-refractivity contribution in [2.45, 2.75) is 38.2 Å². The maximum absolute atomic E-state index is 9.89. The summed E-state index contributed by atoms with van der Waals surface area (Å²) in [7, 11) is 0. The van der Waals surface area contributed by atoms with Crippen molar-refractivity contribution in [3.05, 3.63) is 0 Å². The molecular formula is C12H18O. The predicted molar refractivity (Wildman–Crippen MR) is 50.0 cm³/mol. The summed E-state index contributed by atoms with van der Waals surface area (Å²) in [4.78, 5) is 0. The second-order valence-corrected chi connectivity index (χ2v) is 5.95. The monoisotopic (exact) mass is 178 g/mol. The number of aliphatic hydroxyl groups is 1. The maximum atomic E-state index is 9.89. The van der Waals surface area contributed by atoms with Gasteiger partial charge in [0.25, 0.3) is 0 Å². The molecule has 7 atom stereocenters. The Morgan fingerprint density at radius 2 is 1.54 bits per heavy atom. The first-order chi connectivity index (χ1) is 6.34. The first kappa shape index (κ1) is 7.28. The fraction of sp³-hybridized carbons (Fsp3) is 1.00. The Kier molecular flexibility index (Phi) is 1.19. The van der Waals surface area contributed by atoms with Crippen LogP contribution in [0.3, 0.4) is 0 Å². The predicted octanol–water partition coefficient (Wildman–Crippen LogP) is 2.05. The minimum absolute atomic E-state index is 0.0885. The van der Waals surface area contributed by atoms with E-state index in [1.54, 1.807) is 0 Å². The fourth-order valence-corrected chi connectivity index (χ4v) is 5.53. The molecule has 4 saturated carbocycles. The van der Waals surface area contributed by atoms with E-state index >= 15 is 0 Å². The van der Waals surface area contributed by atoms with Crippen LogP contribution in [0.4, 0.5) is 0 Å². The van der Waals surface area contributed by atoms with Crippen molar-refractivity contribution in [3.8, 4) is 0 Å². The topological polar surface area (TPSA) is 20.2 Å². The Morgan fingerprint density at radius 3 is 2.38 bits per heavy atom. The Bertz CT molecular complexity index is 250. The smallest absolute Gasteiger partial charge is 0.0574 e. The Balaban J connectivity index is 1.75. The van der Waals surface area contributed by atoms with Crippen LogP contribution in [0.5, 0.6) is 0 Å². The van der Waals surface area contributed by atoms with Crippen molar-refractivity contribution < 1.29 is 5.11 Å². The number of hydrogen-bond acceptors (Lipinski definition) is 1. The van der Waals surface area contributed by atoms with Crippen LogP contribution in [0.1, 0.15) is 32.1 Å². The Morgan fingerprint density at radius 1 is 0.769 bits per heavy atom. The zero-order valence-corrected chi connectivity index (χ0v) is 8.02. The molecule has 0 spiro atoms. The van der Waals surface area contributed by atoms with Crippen molar-refractivity contribution in [2.24, 2.45) is 35.5 Å². The lowest BCUT2D eigenvalue weighted by atomic mass is 9.70. The highest BCUT2D eigenvalue weighted by Crippen LogP contribution is 2.67. The highest BCUT2D eigenvalue weighted by Gasteiger charge is 2.61. The second-order valence-electron chi connectivity index (χ2n) is 5.95. The van der Waals surface area contributed by atoms with Gasteiger partial charge in [-0.1, -0.05) is 0 Å². The molecule has 4 bridgehead atoms. The lowest BCUT2D eigenvalue weighted by Crippen LogP contribution is -2.34. The molecule has 0 aromatic rings. The van der Waals surface area contributed by atoms with Crippen LogP contribution in [0, 0.1) is 35.5 Å². The first-order valence-electron chi connectivity index (χ1n) is 6.02. The van der Waals surface area contributed by atoms with E-state index in [-0.39, 0.29) is 6.10 Å². The highest BCUT2D eigenvalue weighted by molar-refractivity contribution is 5.10. The number of fused-ring (bicyclic) bond motifs is 9. The van der Waals surface area contributed by atoms with Gasteiger partial charge in [-0.25, -0.2) is 0 Å². The fourth-order valence-electron chi connectivity index (χ4n) is 5.53. The minimum atomic E-state index is 0.0885. The van der Waals surface area contributed by atoms with Crippen LogP contribution in [0.15, 0.2) is 0 Å². The van der Waals surface area contributed by atoms with E-state index in [2.05, 4.69) is 0 Å². The lowest BCUT2D eigenvalue weighted by molar-refractivity contribution is 0.0291. The average molecular weight is 178 g/mol. The number of rotatable bonds is 0. The SMILES string of the molecule is O[C@H]1C[C@H]2C[C@@H]1[C@@H]1[C@@H]3CC[C@@H](C3)[C@H]21. The maximum Gasteiger partial charge on any atom is 0.0574 e. The number of aliphatic hydroxyl groups excluding tert-OH is 1. The van der Waals surface area contributed by atoms with Crippen LogP contribution in [-0.4, -0.2) is 11.2 Å². The Labute approximate surface area is 79.5 Å². The van der Waals surface area contributed by atoms with Crippen molar-refractivity contribution in [1.82, 2.24) is 0 Å². The van der Waals surface area contributed by atoms with Crippen molar-refractivity contribution in [3.63, 3.8) is 0 Å². The average Bonchev–Trinajstić information content (AvgIpc) is 2.78. The molecule has 4 aliphatic rings. The molecular weight excluding hydrogens is 160 g/mol. The van der Waals surface area contributed by atoms with Crippen LogP contribution >= 0.6 is 0 Å². The molecule has 0 aromatic heterocycles. The van der Waals surface area contributed by atoms with Gasteiger partial charge in [0.1, 0.15) is 0 Å². The van der Waals surface area contributed by atoms with Gasteiger partial charge in [0, 0.05) is 0 Å². The van der Waals surface area contributed by atoms with Crippen molar-refractivity contribution >= 4 is 0 Å². The zero-order chi connectivity index (χ0) is 8.58. The largest absolute Gasteiger partial charge is 0.393 e. The van der Waals surface area contributed by atoms with Crippen LogP contribution in [-0.2, 0) is 0 Å². The molecule has 0 aromatic carbocycles. The van der Waals surface area contributed by atoms with Gasteiger partial charge in [-0.2, -0.15) is 0 Å². The zero-order valence-electron chi connectivity index (χ0n) is 8.02. The van der Waals surface area contributed by atoms with E-state index < -0.39 is 0 Å². The van der Waals surface area contributed by atoms with E-state index in [0.29, 0.717) is 0 Å². The molecule has 4 aliphatic carbocycles. The third-order valence-corrected chi connectivity index (χ3v) is 5.70. The van der Waals surface area contributed by atoms with Gasteiger partial charge < -0.3 is 5.11 Å². The molecule has 0 amide bonds.